The minimum Gasteiger partial charge on any atom is -0.373 e. The molecule has 0 aliphatic carbocycles. The highest BCUT2D eigenvalue weighted by atomic mass is 32.2. The van der Waals surface area contributed by atoms with Crippen molar-refractivity contribution in [2.24, 2.45) is 0 Å². The Labute approximate surface area is 190 Å². The zero-order chi connectivity index (χ0) is 22.9. The van der Waals surface area contributed by atoms with Gasteiger partial charge in [0.25, 0.3) is 5.91 Å². The van der Waals surface area contributed by atoms with E-state index in [0.29, 0.717) is 37.3 Å². The van der Waals surface area contributed by atoms with Gasteiger partial charge in [-0.25, -0.2) is 18.4 Å². The predicted octanol–water partition coefficient (Wildman–Crippen LogP) is 2.95. The van der Waals surface area contributed by atoms with E-state index in [1.807, 2.05) is 24.9 Å². The number of sulfonamides is 1. The number of amides is 1. The molecule has 1 aromatic heterocycles. The lowest BCUT2D eigenvalue weighted by molar-refractivity contribution is 0.0644. The molecule has 0 radical (unpaired) electrons. The highest BCUT2D eigenvalue weighted by Crippen LogP contribution is 2.33. The van der Waals surface area contributed by atoms with Crippen LogP contribution in [0.4, 0.5) is 11.5 Å². The van der Waals surface area contributed by atoms with Crippen LogP contribution in [0.15, 0.2) is 30.3 Å². The molecule has 9 heteroatoms. The monoisotopic (exact) mass is 457 g/mol. The molecule has 3 heterocycles. The van der Waals surface area contributed by atoms with Gasteiger partial charge in [-0.05, 0) is 50.8 Å². The molecule has 2 saturated heterocycles. The molecule has 0 spiro atoms. The molecule has 1 amide bonds. The molecule has 2 aromatic rings. The van der Waals surface area contributed by atoms with Gasteiger partial charge in [0.2, 0.25) is 10.0 Å². The van der Waals surface area contributed by atoms with Crippen molar-refractivity contribution in [3.05, 3.63) is 47.4 Å². The van der Waals surface area contributed by atoms with Crippen molar-refractivity contribution in [2.45, 2.75) is 44.9 Å². The molecule has 32 heavy (non-hydrogen) atoms. The second kappa shape index (κ2) is 8.69. The molecule has 172 valence electrons. The average Bonchev–Trinajstić information content (AvgIpc) is 2.78. The number of anilines is 2. The second-order valence-electron chi connectivity index (χ2n) is 9.00. The smallest absolute Gasteiger partial charge is 0.253 e. The van der Waals surface area contributed by atoms with Crippen molar-refractivity contribution in [1.29, 1.82) is 0 Å². The van der Waals surface area contributed by atoms with Gasteiger partial charge in [-0.1, -0.05) is 13.0 Å². The summed E-state index contributed by atoms with van der Waals surface area (Å²) >= 11 is 0. The van der Waals surface area contributed by atoms with Gasteiger partial charge < -0.3 is 10.2 Å². The largest absolute Gasteiger partial charge is 0.373 e. The van der Waals surface area contributed by atoms with Gasteiger partial charge in [0.1, 0.15) is 11.6 Å². The number of carbonyl (C=O) groups excluding carboxylic acids is 1. The minimum absolute atomic E-state index is 0.0892. The Morgan fingerprint density at radius 3 is 2.69 bits per heavy atom. The fourth-order valence-corrected chi connectivity index (χ4v) is 6.25. The number of rotatable bonds is 4. The van der Waals surface area contributed by atoms with Crippen molar-refractivity contribution in [3.63, 3.8) is 0 Å². The molecule has 4 rings (SSSR count). The normalized spacial score (nSPS) is 23.1. The van der Waals surface area contributed by atoms with E-state index in [9.17, 15) is 13.2 Å². The first-order chi connectivity index (χ1) is 15.2. The standard InChI is InChI=1S/C23H31N5O3S/c1-17-14-20(24-3)26-22(25-17)23(2)10-7-11-27(16-23)21(29)18-8-6-9-19(15-18)28-12-4-5-13-32(28,30)31/h6,8-9,14-15H,4-5,7,10-13,16H2,1-3H3,(H,24,25,26). The molecule has 8 nitrogen and oxygen atoms in total. The summed E-state index contributed by atoms with van der Waals surface area (Å²) in [4.78, 5) is 24.6. The van der Waals surface area contributed by atoms with Crippen molar-refractivity contribution in [2.75, 3.05) is 42.1 Å². The van der Waals surface area contributed by atoms with E-state index in [1.54, 1.807) is 24.3 Å². The number of nitrogens with zero attached hydrogens (tertiary/aromatic N) is 4. The summed E-state index contributed by atoms with van der Waals surface area (Å²) in [5, 5.41) is 3.08. The maximum atomic E-state index is 13.4. The van der Waals surface area contributed by atoms with Gasteiger partial charge in [0, 0.05) is 49.4 Å². The van der Waals surface area contributed by atoms with Crippen LogP contribution in [0.25, 0.3) is 0 Å². The highest BCUT2D eigenvalue weighted by Gasteiger charge is 2.38. The Bertz CT molecular complexity index is 1120. The summed E-state index contributed by atoms with van der Waals surface area (Å²) in [5.74, 6) is 1.58. The van der Waals surface area contributed by atoms with E-state index in [2.05, 4.69) is 22.2 Å². The molecule has 1 unspecified atom stereocenters. The molecule has 2 aliphatic heterocycles. The van der Waals surface area contributed by atoms with Crippen LogP contribution in [0.5, 0.6) is 0 Å². The predicted molar refractivity (Wildman–Crippen MR) is 126 cm³/mol. The van der Waals surface area contributed by atoms with Crippen LogP contribution >= 0.6 is 0 Å². The van der Waals surface area contributed by atoms with Gasteiger partial charge in [0.05, 0.1) is 11.4 Å². The number of hydrogen-bond donors (Lipinski definition) is 1. The average molecular weight is 458 g/mol. The van der Waals surface area contributed by atoms with Crippen LogP contribution in [0.2, 0.25) is 0 Å². The van der Waals surface area contributed by atoms with Crippen LogP contribution in [0.3, 0.4) is 0 Å². The van der Waals surface area contributed by atoms with Crippen LogP contribution in [0, 0.1) is 6.92 Å². The van der Waals surface area contributed by atoms with E-state index in [0.717, 1.165) is 36.6 Å². The van der Waals surface area contributed by atoms with Crippen LogP contribution in [0.1, 0.15) is 54.5 Å². The zero-order valence-corrected chi connectivity index (χ0v) is 19.8. The maximum Gasteiger partial charge on any atom is 0.253 e. The number of benzene rings is 1. The van der Waals surface area contributed by atoms with E-state index < -0.39 is 10.0 Å². The van der Waals surface area contributed by atoms with Crippen molar-refractivity contribution in [1.82, 2.24) is 14.9 Å². The third-order valence-corrected chi connectivity index (χ3v) is 8.23. The number of nitrogens with one attached hydrogen (secondary N) is 1. The van der Waals surface area contributed by atoms with Gasteiger partial charge in [-0.15, -0.1) is 0 Å². The van der Waals surface area contributed by atoms with Gasteiger partial charge in [0.15, 0.2) is 0 Å². The third-order valence-electron chi connectivity index (χ3n) is 6.36. The maximum absolute atomic E-state index is 13.4. The number of piperidine rings is 1. The number of likely N-dealkylation sites (tertiary alicyclic amines) is 1. The van der Waals surface area contributed by atoms with Gasteiger partial charge >= 0.3 is 0 Å². The van der Waals surface area contributed by atoms with Gasteiger partial charge in [-0.2, -0.15) is 0 Å². The molecule has 0 saturated carbocycles. The Kier molecular flexibility index (Phi) is 6.11. The first kappa shape index (κ1) is 22.5. The SMILES string of the molecule is CNc1cc(C)nc(C2(C)CCCN(C(=O)c3cccc(N4CCCCS4(=O)=O)c3)C2)n1. The summed E-state index contributed by atoms with van der Waals surface area (Å²) < 4.78 is 26.4. The number of hydrogen-bond acceptors (Lipinski definition) is 6. The summed E-state index contributed by atoms with van der Waals surface area (Å²) in [5.41, 5.74) is 1.61. The minimum atomic E-state index is -3.32. The molecule has 2 fully saturated rings. The Morgan fingerprint density at radius 2 is 1.94 bits per heavy atom. The van der Waals surface area contributed by atoms with Crippen LogP contribution in [-0.2, 0) is 15.4 Å². The molecule has 2 aliphatic rings. The first-order valence-electron chi connectivity index (χ1n) is 11.2. The number of aryl methyl sites for hydroxylation is 1. The molecular formula is C23H31N5O3S. The highest BCUT2D eigenvalue weighted by molar-refractivity contribution is 7.92. The third kappa shape index (κ3) is 4.44. The molecule has 0 bridgehead atoms. The Balaban J connectivity index is 1.58. The summed E-state index contributed by atoms with van der Waals surface area (Å²) in [6.07, 6.45) is 3.26. The summed E-state index contributed by atoms with van der Waals surface area (Å²) in [7, 11) is -1.49. The van der Waals surface area contributed by atoms with Crippen LogP contribution in [-0.4, -0.2) is 61.6 Å². The topological polar surface area (TPSA) is 95.5 Å². The Morgan fingerprint density at radius 1 is 1.12 bits per heavy atom. The number of carbonyl (C=O) groups is 1. The lowest BCUT2D eigenvalue weighted by Crippen LogP contribution is -2.48. The summed E-state index contributed by atoms with van der Waals surface area (Å²) in [6.45, 7) is 5.69. The fourth-order valence-electron chi connectivity index (χ4n) is 4.62. The second-order valence-corrected chi connectivity index (χ2v) is 11.0. The molecule has 1 atom stereocenters. The first-order valence-corrected chi connectivity index (χ1v) is 12.8. The van der Waals surface area contributed by atoms with Crippen molar-refractivity contribution >= 4 is 27.4 Å². The quantitative estimate of drug-likeness (QED) is 0.758. The molecule has 1 N–H and O–H groups in total. The Hall–Kier alpha value is -2.68. The van der Waals surface area contributed by atoms with E-state index in [4.69, 9.17) is 0 Å². The summed E-state index contributed by atoms with van der Waals surface area (Å²) in [6, 6.07) is 8.90. The number of aromatic nitrogens is 2. The van der Waals surface area contributed by atoms with Gasteiger partial charge in [-0.3, -0.25) is 9.10 Å². The van der Waals surface area contributed by atoms with E-state index in [1.165, 1.54) is 4.31 Å². The lowest BCUT2D eigenvalue weighted by atomic mass is 9.80. The molecule has 1 aromatic carbocycles. The van der Waals surface area contributed by atoms with E-state index >= 15 is 0 Å². The lowest BCUT2D eigenvalue weighted by Gasteiger charge is -2.39. The zero-order valence-electron chi connectivity index (χ0n) is 19.0. The van der Waals surface area contributed by atoms with E-state index in [-0.39, 0.29) is 17.1 Å². The van der Waals surface area contributed by atoms with Crippen molar-refractivity contribution in [3.8, 4) is 0 Å². The van der Waals surface area contributed by atoms with Crippen molar-refractivity contribution < 1.29 is 13.2 Å². The fraction of sp³-hybridized carbons (Fsp3) is 0.522. The van der Waals surface area contributed by atoms with Crippen LogP contribution < -0.4 is 9.62 Å². The molecular weight excluding hydrogens is 426 g/mol.